The van der Waals surface area contributed by atoms with Gasteiger partial charge in [-0.05, 0) is 56.7 Å². The number of hydrogen-bond donors (Lipinski definition) is 2. The van der Waals surface area contributed by atoms with Gasteiger partial charge in [0.2, 0.25) is 11.8 Å². The Morgan fingerprint density at radius 2 is 2.03 bits per heavy atom. The van der Waals surface area contributed by atoms with Crippen LogP contribution in [0.4, 0.5) is 5.95 Å². The molecule has 1 atom stereocenters. The normalized spacial score (nSPS) is 15.8. The molecule has 3 heterocycles. The molecule has 0 spiro atoms. The molecular formula is C23H35N5O4. The van der Waals surface area contributed by atoms with Crippen molar-refractivity contribution < 1.29 is 19.2 Å². The highest BCUT2D eigenvalue weighted by Gasteiger charge is 2.23. The topological polar surface area (TPSA) is 114 Å². The third-order valence-electron chi connectivity index (χ3n) is 5.79. The zero-order chi connectivity index (χ0) is 23.1. The van der Waals surface area contributed by atoms with Crippen molar-refractivity contribution in [2.75, 3.05) is 31.2 Å². The zero-order valence-corrected chi connectivity index (χ0v) is 19.5. The van der Waals surface area contributed by atoms with E-state index in [2.05, 4.69) is 25.3 Å². The first kappa shape index (κ1) is 24.0. The number of piperidine rings is 1. The minimum atomic E-state index is -0.297. The highest BCUT2D eigenvalue weighted by Crippen LogP contribution is 2.25. The first-order valence-corrected chi connectivity index (χ1v) is 11.5. The third kappa shape index (κ3) is 6.41. The van der Waals surface area contributed by atoms with Gasteiger partial charge in [-0.3, -0.25) is 4.79 Å². The lowest BCUT2D eigenvalue weighted by molar-refractivity contribution is 0.0921. The van der Waals surface area contributed by atoms with Crippen molar-refractivity contribution in [3.8, 4) is 5.88 Å². The molecule has 1 fully saturated rings. The predicted octanol–water partition coefficient (Wildman–Crippen LogP) is 3.08. The second kappa shape index (κ2) is 11.3. The summed E-state index contributed by atoms with van der Waals surface area (Å²) in [7, 11) is 0. The maximum absolute atomic E-state index is 12.2. The minimum absolute atomic E-state index is 0.103. The monoisotopic (exact) mass is 445 g/mol. The minimum Gasteiger partial charge on any atom is -0.478 e. The van der Waals surface area contributed by atoms with Gasteiger partial charge < -0.3 is 24.6 Å². The van der Waals surface area contributed by atoms with Crippen molar-refractivity contribution in [2.45, 2.75) is 65.3 Å². The van der Waals surface area contributed by atoms with Crippen LogP contribution in [0.2, 0.25) is 0 Å². The Morgan fingerprint density at radius 3 is 2.66 bits per heavy atom. The van der Waals surface area contributed by atoms with Gasteiger partial charge in [0.15, 0.2) is 0 Å². The van der Waals surface area contributed by atoms with E-state index in [4.69, 9.17) is 14.4 Å². The average molecular weight is 446 g/mol. The highest BCUT2D eigenvalue weighted by atomic mass is 16.5. The summed E-state index contributed by atoms with van der Waals surface area (Å²) in [6, 6.07) is 3.14. The summed E-state index contributed by atoms with van der Waals surface area (Å²) in [5, 5.41) is 15.9. The molecule has 0 radical (unpaired) electrons. The zero-order valence-electron chi connectivity index (χ0n) is 19.5. The Kier molecular flexibility index (Phi) is 8.44. The van der Waals surface area contributed by atoms with Crippen molar-refractivity contribution in [2.24, 2.45) is 5.92 Å². The van der Waals surface area contributed by atoms with E-state index >= 15 is 0 Å². The van der Waals surface area contributed by atoms with E-state index in [1.165, 1.54) is 0 Å². The second-order valence-electron chi connectivity index (χ2n) is 8.85. The van der Waals surface area contributed by atoms with Crippen molar-refractivity contribution in [3.05, 3.63) is 29.3 Å². The van der Waals surface area contributed by atoms with Crippen LogP contribution in [0.15, 0.2) is 16.7 Å². The van der Waals surface area contributed by atoms with Gasteiger partial charge in [-0.25, -0.2) is 4.98 Å². The number of aliphatic hydroxyl groups excluding tert-OH is 1. The Labute approximate surface area is 189 Å². The van der Waals surface area contributed by atoms with Crippen LogP contribution in [-0.2, 0) is 0 Å². The fourth-order valence-corrected chi connectivity index (χ4v) is 3.77. The maximum Gasteiger partial charge on any atom is 0.266 e. The summed E-state index contributed by atoms with van der Waals surface area (Å²) in [6.07, 6.45) is 4.29. The molecule has 2 N–H and O–H groups in total. The molecule has 0 bridgehead atoms. The van der Waals surface area contributed by atoms with E-state index in [1.54, 1.807) is 26.0 Å². The van der Waals surface area contributed by atoms with Gasteiger partial charge >= 0.3 is 0 Å². The number of carbonyl (C=O) groups excluding carboxylic acids is 1. The summed E-state index contributed by atoms with van der Waals surface area (Å²) < 4.78 is 11.1. The van der Waals surface area contributed by atoms with Gasteiger partial charge in [0.25, 0.3) is 11.9 Å². The van der Waals surface area contributed by atoms with Crippen LogP contribution in [0.5, 0.6) is 5.88 Å². The Bertz CT molecular complexity index is 877. The number of rotatable bonds is 10. The molecule has 1 amide bonds. The van der Waals surface area contributed by atoms with Gasteiger partial charge in [-0.1, -0.05) is 13.8 Å². The number of ether oxygens (including phenoxy) is 1. The molecular weight excluding hydrogens is 410 g/mol. The van der Waals surface area contributed by atoms with Crippen LogP contribution >= 0.6 is 0 Å². The Balaban J connectivity index is 1.37. The predicted molar refractivity (Wildman–Crippen MR) is 121 cm³/mol. The Hall–Kier alpha value is -2.68. The molecule has 2 aromatic rings. The molecule has 0 aromatic carbocycles. The highest BCUT2D eigenvalue weighted by molar-refractivity contribution is 5.95. The molecule has 1 aliphatic heterocycles. The lowest BCUT2D eigenvalue weighted by Crippen LogP contribution is -2.35. The largest absolute Gasteiger partial charge is 0.478 e. The first-order chi connectivity index (χ1) is 15.4. The van der Waals surface area contributed by atoms with Crippen LogP contribution < -0.4 is 15.0 Å². The number of hydrogen-bond acceptors (Lipinski definition) is 8. The number of aliphatic hydroxyl groups is 1. The SMILES string of the molecule is Cc1nc(OCCCC2CCN(c3noc(C(C)C)n3)CC2)ccc1C(=O)NC(C)CO. The number of aryl methyl sites for hydroxylation is 1. The van der Waals surface area contributed by atoms with E-state index in [0.717, 1.165) is 38.8 Å². The molecule has 176 valence electrons. The number of nitrogens with zero attached hydrogens (tertiary/aromatic N) is 4. The van der Waals surface area contributed by atoms with Crippen molar-refractivity contribution in [1.82, 2.24) is 20.4 Å². The van der Waals surface area contributed by atoms with Crippen LogP contribution in [0.25, 0.3) is 0 Å². The van der Waals surface area contributed by atoms with Crippen LogP contribution in [-0.4, -0.2) is 58.5 Å². The summed E-state index contributed by atoms with van der Waals surface area (Å²) in [4.78, 5) is 23.3. The number of pyridine rings is 1. The number of nitrogens with one attached hydrogen (secondary N) is 1. The fourth-order valence-electron chi connectivity index (χ4n) is 3.77. The summed E-state index contributed by atoms with van der Waals surface area (Å²) in [5.41, 5.74) is 1.10. The molecule has 32 heavy (non-hydrogen) atoms. The molecule has 1 unspecified atom stereocenters. The molecule has 1 saturated heterocycles. The van der Waals surface area contributed by atoms with E-state index in [-0.39, 0.29) is 24.5 Å². The van der Waals surface area contributed by atoms with Gasteiger partial charge in [0.05, 0.1) is 24.5 Å². The summed E-state index contributed by atoms with van der Waals surface area (Å²) >= 11 is 0. The van der Waals surface area contributed by atoms with E-state index in [9.17, 15) is 4.79 Å². The molecule has 9 heteroatoms. The van der Waals surface area contributed by atoms with E-state index < -0.39 is 0 Å². The van der Waals surface area contributed by atoms with Gasteiger partial charge in [0.1, 0.15) is 0 Å². The van der Waals surface area contributed by atoms with Gasteiger partial charge in [-0.15, -0.1) is 0 Å². The molecule has 3 rings (SSSR count). The Morgan fingerprint density at radius 1 is 1.28 bits per heavy atom. The van der Waals surface area contributed by atoms with Gasteiger partial charge in [0, 0.05) is 31.1 Å². The lowest BCUT2D eigenvalue weighted by atomic mass is 9.92. The average Bonchev–Trinajstić information content (AvgIpc) is 3.28. The van der Waals surface area contributed by atoms with E-state index in [1.807, 2.05) is 13.8 Å². The molecule has 2 aromatic heterocycles. The molecule has 9 nitrogen and oxygen atoms in total. The van der Waals surface area contributed by atoms with Crippen LogP contribution in [0.3, 0.4) is 0 Å². The quantitative estimate of drug-likeness (QED) is 0.537. The number of carbonyl (C=O) groups is 1. The second-order valence-corrected chi connectivity index (χ2v) is 8.85. The van der Waals surface area contributed by atoms with Gasteiger partial charge in [-0.2, -0.15) is 4.98 Å². The first-order valence-electron chi connectivity index (χ1n) is 11.5. The van der Waals surface area contributed by atoms with Crippen molar-refractivity contribution in [3.63, 3.8) is 0 Å². The van der Waals surface area contributed by atoms with Crippen LogP contribution in [0.1, 0.15) is 74.3 Å². The molecule has 0 aliphatic carbocycles. The fraction of sp³-hybridized carbons (Fsp3) is 0.652. The number of anilines is 1. The van der Waals surface area contributed by atoms with Crippen molar-refractivity contribution in [1.29, 1.82) is 0 Å². The third-order valence-corrected chi connectivity index (χ3v) is 5.79. The van der Waals surface area contributed by atoms with Crippen LogP contribution in [0, 0.1) is 12.8 Å². The summed E-state index contributed by atoms with van der Waals surface area (Å²) in [5.74, 6) is 2.60. The van der Waals surface area contributed by atoms with E-state index in [0.29, 0.717) is 41.5 Å². The maximum atomic E-state index is 12.2. The van der Waals surface area contributed by atoms with Crippen molar-refractivity contribution >= 4 is 11.9 Å². The molecule has 1 aliphatic rings. The smallest absolute Gasteiger partial charge is 0.266 e. The lowest BCUT2D eigenvalue weighted by Gasteiger charge is -2.30. The number of aromatic nitrogens is 3. The molecule has 0 saturated carbocycles. The summed E-state index contributed by atoms with van der Waals surface area (Å²) in [6.45, 7) is 10.0. The standard InChI is InChI=1S/C23H35N5O4/c1-15(2)22-26-23(27-32-22)28-11-9-18(10-12-28)6-5-13-31-20-8-7-19(17(4)25-20)21(30)24-16(3)14-29/h7-8,15-16,18,29H,5-6,9-14H2,1-4H3,(H,24,30). The number of amides is 1.